The molecule has 1 aromatic rings. The number of aromatic nitrogens is 1. The fraction of sp³-hybridized carbons (Fsp3) is 0.750. The first-order valence-electron chi connectivity index (χ1n) is 5.82. The van der Waals surface area contributed by atoms with Crippen LogP contribution in [0.2, 0.25) is 0 Å². The zero-order valence-electron chi connectivity index (χ0n) is 9.79. The molecule has 0 radical (unpaired) electrons. The molecule has 0 amide bonds. The predicted molar refractivity (Wildman–Crippen MR) is 65.2 cm³/mol. The fourth-order valence-corrected chi connectivity index (χ4v) is 2.69. The lowest BCUT2D eigenvalue weighted by molar-refractivity contribution is 0.434. The van der Waals surface area contributed by atoms with Crippen molar-refractivity contribution in [3.8, 4) is 0 Å². The monoisotopic (exact) mass is 224 g/mol. The first kappa shape index (κ1) is 11.1. The molecule has 0 aliphatic heterocycles. The molecule has 84 valence electrons. The molecule has 15 heavy (non-hydrogen) atoms. The second-order valence-electron chi connectivity index (χ2n) is 4.73. The summed E-state index contributed by atoms with van der Waals surface area (Å²) in [5.41, 5.74) is 0. The van der Waals surface area contributed by atoms with Crippen LogP contribution in [0.25, 0.3) is 0 Å². The van der Waals surface area contributed by atoms with Gasteiger partial charge in [0, 0.05) is 17.1 Å². The third kappa shape index (κ3) is 3.02. The van der Waals surface area contributed by atoms with Crippen LogP contribution in [0.15, 0.2) is 6.20 Å². The van der Waals surface area contributed by atoms with Crippen LogP contribution in [0.3, 0.4) is 0 Å². The molecular formula is C12H20N2S. The van der Waals surface area contributed by atoms with Gasteiger partial charge in [0.1, 0.15) is 0 Å². The summed E-state index contributed by atoms with van der Waals surface area (Å²) in [6.07, 6.45) is 4.88. The van der Waals surface area contributed by atoms with Crippen molar-refractivity contribution in [3.05, 3.63) is 16.1 Å². The summed E-state index contributed by atoms with van der Waals surface area (Å²) in [7, 11) is 0. The van der Waals surface area contributed by atoms with Gasteiger partial charge in [-0.15, -0.1) is 11.3 Å². The van der Waals surface area contributed by atoms with Gasteiger partial charge in [-0.1, -0.05) is 6.92 Å². The molecule has 1 N–H and O–H groups in total. The first-order chi connectivity index (χ1) is 7.16. The lowest BCUT2D eigenvalue weighted by Crippen LogP contribution is -2.24. The minimum atomic E-state index is 0.456. The topological polar surface area (TPSA) is 24.9 Å². The van der Waals surface area contributed by atoms with Crippen molar-refractivity contribution in [2.24, 2.45) is 11.8 Å². The van der Waals surface area contributed by atoms with Crippen LogP contribution in [-0.4, -0.2) is 11.5 Å². The number of hydrogen-bond acceptors (Lipinski definition) is 3. The van der Waals surface area contributed by atoms with E-state index < -0.39 is 0 Å². The van der Waals surface area contributed by atoms with E-state index in [9.17, 15) is 0 Å². The fourth-order valence-electron chi connectivity index (χ4n) is 1.87. The molecule has 1 aromatic heterocycles. The lowest BCUT2D eigenvalue weighted by Gasteiger charge is -2.15. The van der Waals surface area contributed by atoms with Gasteiger partial charge in [0.15, 0.2) is 0 Å². The quantitative estimate of drug-likeness (QED) is 0.831. The van der Waals surface area contributed by atoms with Crippen LogP contribution >= 0.6 is 11.3 Å². The highest BCUT2D eigenvalue weighted by Gasteiger charge is 2.27. The van der Waals surface area contributed by atoms with E-state index >= 15 is 0 Å². The Balaban J connectivity index is 1.78. The average Bonchev–Trinajstić information content (AvgIpc) is 2.97. The second-order valence-corrected chi connectivity index (χ2v) is 5.99. The highest BCUT2D eigenvalue weighted by atomic mass is 32.1. The Morgan fingerprint density at radius 3 is 2.80 bits per heavy atom. The maximum absolute atomic E-state index is 4.29. The average molecular weight is 224 g/mol. The third-order valence-corrected chi connectivity index (χ3v) is 4.33. The maximum Gasteiger partial charge on any atom is 0.0897 e. The van der Waals surface area contributed by atoms with Gasteiger partial charge in [0.25, 0.3) is 0 Å². The number of aryl methyl sites for hydroxylation is 1. The Kier molecular flexibility index (Phi) is 3.42. The Labute approximate surface area is 96.1 Å². The van der Waals surface area contributed by atoms with Gasteiger partial charge in [-0.05, 0) is 45.1 Å². The summed E-state index contributed by atoms with van der Waals surface area (Å²) in [5.74, 6) is 1.83. The van der Waals surface area contributed by atoms with Gasteiger partial charge >= 0.3 is 0 Å². The van der Waals surface area contributed by atoms with Crippen molar-refractivity contribution in [1.29, 1.82) is 0 Å². The number of nitrogens with zero attached hydrogens (tertiary/aromatic N) is 1. The lowest BCUT2D eigenvalue weighted by atomic mass is 10.1. The van der Waals surface area contributed by atoms with E-state index in [-0.39, 0.29) is 0 Å². The second kappa shape index (κ2) is 4.62. The molecule has 1 fully saturated rings. The number of rotatable bonds is 5. The highest BCUT2D eigenvalue weighted by Crippen LogP contribution is 2.36. The zero-order chi connectivity index (χ0) is 10.8. The molecule has 1 aliphatic carbocycles. The zero-order valence-corrected chi connectivity index (χ0v) is 10.6. The van der Waals surface area contributed by atoms with Crippen LogP contribution in [0.4, 0.5) is 0 Å². The van der Waals surface area contributed by atoms with Crippen molar-refractivity contribution >= 4 is 11.3 Å². The summed E-state index contributed by atoms with van der Waals surface area (Å²) in [5, 5.41) is 4.76. The van der Waals surface area contributed by atoms with Crippen LogP contribution < -0.4 is 5.32 Å². The Hall–Kier alpha value is -0.410. The normalized spacial score (nSPS) is 20.2. The van der Waals surface area contributed by atoms with Crippen molar-refractivity contribution in [2.45, 2.75) is 39.7 Å². The van der Waals surface area contributed by atoms with Gasteiger partial charge in [-0.2, -0.15) is 0 Å². The van der Waals surface area contributed by atoms with E-state index in [1.807, 2.05) is 6.20 Å². The van der Waals surface area contributed by atoms with Crippen molar-refractivity contribution in [1.82, 2.24) is 10.3 Å². The van der Waals surface area contributed by atoms with Crippen molar-refractivity contribution in [3.63, 3.8) is 0 Å². The Morgan fingerprint density at radius 1 is 1.53 bits per heavy atom. The molecule has 1 heterocycles. The van der Waals surface area contributed by atoms with Gasteiger partial charge < -0.3 is 5.32 Å². The number of hydrogen-bond donors (Lipinski definition) is 1. The summed E-state index contributed by atoms with van der Waals surface area (Å²) >= 11 is 1.80. The Morgan fingerprint density at radius 2 is 2.27 bits per heavy atom. The molecule has 2 unspecified atom stereocenters. The minimum Gasteiger partial charge on any atom is -0.309 e. The molecule has 0 saturated heterocycles. The third-order valence-electron chi connectivity index (χ3n) is 3.24. The Bertz CT molecular complexity index is 317. The van der Waals surface area contributed by atoms with Crippen LogP contribution in [0.1, 0.15) is 42.6 Å². The van der Waals surface area contributed by atoms with E-state index in [2.05, 4.69) is 31.1 Å². The summed E-state index contributed by atoms with van der Waals surface area (Å²) < 4.78 is 0. The minimum absolute atomic E-state index is 0.456. The first-order valence-corrected chi connectivity index (χ1v) is 6.64. The molecule has 2 nitrogen and oxygen atoms in total. The molecule has 0 aromatic carbocycles. The van der Waals surface area contributed by atoms with Crippen molar-refractivity contribution in [2.75, 3.05) is 6.54 Å². The van der Waals surface area contributed by atoms with Crippen LogP contribution in [-0.2, 0) is 0 Å². The molecule has 1 aliphatic rings. The van der Waals surface area contributed by atoms with E-state index in [1.54, 1.807) is 11.3 Å². The molecule has 0 bridgehead atoms. The standard InChI is InChI=1S/C12H20N2S/c1-8(11-4-5-11)6-13-9(2)12-7-14-10(3)15-12/h7-9,11,13H,4-6H2,1-3H3. The van der Waals surface area contributed by atoms with Crippen LogP contribution in [0, 0.1) is 18.8 Å². The summed E-state index contributed by atoms with van der Waals surface area (Å²) in [6, 6.07) is 0.456. The summed E-state index contributed by atoms with van der Waals surface area (Å²) in [6.45, 7) is 7.79. The van der Waals surface area contributed by atoms with Gasteiger partial charge in [-0.3, -0.25) is 0 Å². The van der Waals surface area contributed by atoms with Crippen molar-refractivity contribution < 1.29 is 0 Å². The van der Waals surface area contributed by atoms with Gasteiger partial charge in [0.2, 0.25) is 0 Å². The van der Waals surface area contributed by atoms with E-state index in [4.69, 9.17) is 0 Å². The molecule has 0 spiro atoms. The van der Waals surface area contributed by atoms with Gasteiger partial charge in [-0.25, -0.2) is 4.98 Å². The predicted octanol–water partition coefficient (Wildman–Crippen LogP) is 3.15. The maximum atomic E-state index is 4.29. The largest absolute Gasteiger partial charge is 0.309 e. The smallest absolute Gasteiger partial charge is 0.0897 e. The van der Waals surface area contributed by atoms with E-state index in [0.29, 0.717) is 6.04 Å². The number of thiazole rings is 1. The molecular weight excluding hydrogens is 204 g/mol. The molecule has 3 heteroatoms. The van der Waals surface area contributed by atoms with Gasteiger partial charge in [0.05, 0.1) is 5.01 Å². The SMILES string of the molecule is Cc1ncc(C(C)NCC(C)C2CC2)s1. The van der Waals surface area contributed by atoms with Crippen LogP contribution in [0.5, 0.6) is 0 Å². The number of nitrogens with one attached hydrogen (secondary N) is 1. The molecule has 2 atom stereocenters. The highest BCUT2D eigenvalue weighted by molar-refractivity contribution is 7.11. The van der Waals surface area contributed by atoms with E-state index in [1.165, 1.54) is 17.7 Å². The van der Waals surface area contributed by atoms with E-state index in [0.717, 1.165) is 23.4 Å². The summed E-state index contributed by atoms with van der Waals surface area (Å²) in [4.78, 5) is 5.65. The molecule has 1 saturated carbocycles. The molecule has 2 rings (SSSR count).